The van der Waals surface area contributed by atoms with E-state index < -0.39 is 10.9 Å². The molecule has 0 saturated heterocycles. The SMILES string of the molecule is CCC(Sc1c(=O)o[nH][n+]1-c1ccccc1)C(=O)Nc1cc(OC)ccc1OC. The number of carbonyl (C=O) groups is 1. The number of carbonyl (C=O) groups excluding carboxylic acids is 1. The Morgan fingerprint density at radius 1 is 1.21 bits per heavy atom. The number of rotatable bonds is 8. The Labute approximate surface area is 171 Å². The van der Waals surface area contributed by atoms with E-state index in [0.717, 1.165) is 17.4 Å². The average Bonchev–Trinajstić information content (AvgIpc) is 3.12. The van der Waals surface area contributed by atoms with Crippen LogP contribution in [0.4, 0.5) is 5.69 Å². The number of hydrogen-bond donors (Lipinski definition) is 2. The van der Waals surface area contributed by atoms with Crippen molar-refractivity contribution >= 4 is 23.4 Å². The maximum atomic E-state index is 12.9. The van der Waals surface area contributed by atoms with Crippen molar-refractivity contribution in [3.63, 3.8) is 0 Å². The maximum absolute atomic E-state index is 12.9. The molecule has 8 nitrogen and oxygen atoms in total. The van der Waals surface area contributed by atoms with Gasteiger partial charge in [-0.25, -0.2) is 4.79 Å². The highest BCUT2D eigenvalue weighted by molar-refractivity contribution is 8.00. The topological polar surface area (TPSA) is 97.4 Å². The van der Waals surface area contributed by atoms with Crippen LogP contribution in [0.3, 0.4) is 0 Å². The molecule has 0 spiro atoms. The Kier molecular flexibility index (Phi) is 6.61. The van der Waals surface area contributed by atoms with Gasteiger partial charge in [0.05, 0.1) is 25.2 Å². The number of hydrogen-bond acceptors (Lipinski definition) is 6. The maximum Gasteiger partial charge on any atom is 0.442 e. The van der Waals surface area contributed by atoms with Crippen LogP contribution in [0.2, 0.25) is 0 Å². The summed E-state index contributed by atoms with van der Waals surface area (Å²) < 4.78 is 17.0. The molecule has 152 valence electrons. The third-order valence-corrected chi connectivity index (χ3v) is 5.61. The summed E-state index contributed by atoms with van der Waals surface area (Å²) in [6, 6.07) is 14.4. The molecule has 0 aliphatic rings. The molecule has 1 heterocycles. The molecular formula is C20H22N3O5S+. The first-order valence-corrected chi connectivity index (χ1v) is 9.83. The first-order chi connectivity index (χ1) is 14.1. The second-order valence-corrected chi connectivity index (χ2v) is 7.22. The number of ether oxygens (including phenoxy) is 2. The van der Waals surface area contributed by atoms with E-state index in [2.05, 4.69) is 10.6 Å². The first kappa shape index (κ1) is 20.5. The lowest BCUT2D eigenvalue weighted by Gasteiger charge is -2.15. The van der Waals surface area contributed by atoms with E-state index in [1.165, 1.54) is 11.8 Å². The van der Waals surface area contributed by atoms with E-state index in [0.29, 0.717) is 23.6 Å². The second-order valence-electron chi connectivity index (χ2n) is 6.03. The van der Waals surface area contributed by atoms with Gasteiger partial charge in [0.15, 0.2) is 0 Å². The zero-order valence-corrected chi connectivity index (χ0v) is 17.1. The van der Waals surface area contributed by atoms with Crippen LogP contribution in [0.15, 0.2) is 62.9 Å². The van der Waals surface area contributed by atoms with Crippen molar-refractivity contribution in [1.82, 2.24) is 5.27 Å². The number of H-pyrrole nitrogens is 1. The minimum atomic E-state index is -0.538. The number of methoxy groups -OCH3 is 2. The highest BCUT2D eigenvalue weighted by atomic mass is 32.2. The largest absolute Gasteiger partial charge is 0.497 e. The molecule has 1 aromatic heterocycles. The second kappa shape index (κ2) is 9.33. The molecule has 2 N–H and O–H groups in total. The van der Waals surface area contributed by atoms with Crippen LogP contribution >= 0.6 is 11.8 Å². The average molecular weight is 416 g/mol. The molecule has 29 heavy (non-hydrogen) atoms. The van der Waals surface area contributed by atoms with Crippen LogP contribution in [0.25, 0.3) is 5.69 Å². The van der Waals surface area contributed by atoms with Gasteiger partial charge in [0.25, 0.3) is 0 Å². The fourth-order valence-electron chi connectivity index (χ4n) is 2.69. The van der Waals surface area contributed by atoms with E-state index in [1.54, 1.807) is 25.3 Å². The lowest BCUT2D eigenvalue weighted by Crippen LogP contribution is -2.37. The van der Waals surface area contributed by atoms with Crippen LogP contribution in [0.5, 0.6) is 11.5 Å². The quantitative estimate of drug-likeness (QED) is 0.433. The molecule has 1 unspecified atom stereocenters. The lowest BCUT2D eigenvalue weighted by atomic mass is 10.2. The molecule has 3 aromatic rings. The van der Waals surface area contributed by atoms with Crippen LogP contribution in [-0.4, -0.2) is 30.6 Å². The minimum absolute atomic E-state index is 0.260. The summed E-state index contributed by atoms with van der Waals surface area (Å²) in [5.74, 6) is 0.846. The minimum Gasteiger partial charge on any atom is -0.497 e. The fraction of sp³-hybridized carbons (Fsp3) is 0.250. The first-order valence-electron chi connectivity index (χ1n) is 8.95. The van der Waals surface area contributed by atoms with Crippen LogP contribution in [0.1, 0.15) is 13.3 Å². The predicted molar refractivity (Wildman–Crippen MR) is 109 cm³/mol. The number of aromatic amines is 1. The molecule has 1 atom stereocenters. The fourth-order valence-corrected chi connectivity index (χ4v) is 3.68. The third-order valence-electron chi connectivity index (χ3n) is 4.20. The van der Waals surface area contributed by atoms with Crippen molar-refractivity contribution in [3.05, 3.63) is 59.0 Å². The van der Waals surface area contributed by atoms with E-state index in [1.807, 2.05) is 37.3 Å². The normalized spacial score (nSPS) is 11.7. The van der Waals surface area contributed by atoms with Crippen molar-refractivity contribution in [2.24, 2.45) is 0 Å². The molecule has 0 fully saturated rings. The standard InChI is InChI=1S/C20H21N3O5S/c1-4-17(18(24)21-15-12-14(26-2)10-11-16(15)27-3)29-19-20(25)28-22-23(19)13-8-6-5-7-9-13/h5-12,17H,4H2,1-3H3,(H-,21,22,24,25)/p+1. The number of nitrogens with zero attached hydrogens (tertiary/aromatic N) is 1. The van der Waals surface area contributed by atoms with Crippen molar-refractivity contribution in [3.8, 4) is 17.2 Å². The number of amides is 1. The molecule has 3 rings (SSSR count). The van der Waals surface area contributed by atoms with Gasteiger partial charge in [-0.3, -0.25) is 9.32 Å². The van der Waals surface area contributed by atoms with Gasteiger partial charge in [-0.1, -0.05) is 25.1 Å². The predicted octanol–water partition coefficient (Wildman–Crippen LogP) is 2.77. The number of thioether (sulfide) groups is 1. The summed E-state index contributed by atoms with van der Waals surface area (Å²) in [5, 5.41) is 5.20. The van der Waals surface area contributed by atoms with Gasteiger partial charge in [-0.15, -0.1) is 0 Å². The smallest absolute Gasteiger partial charge is 0.442 e. The number of aromatic nitrogens is 2. The van der Waals surface area contributed by atoms with Crippen LogP contribution in [-0.2, 0) is 4.79 Å². The summed E-state index contributed by atoms with van der Waals surface area (Å²) in [5.41, 5.74) is 0.683. The van der Waals surface area contributed by atoms with Gasteiger partial charge in [-0.2, -0.15) is 0 Å². The number of anilines is 1. The monoisotopic (exact) mass is 416 g/mol. The Morgan fingerprint density at radius 3 is 2.62 bits per heavy atom. The molecule has 2 aromatic carbocycles. The van der Waals surface area contributed by atoms with E-state index in [-0.39, 0.29) is 10.9 Å². The van der Waals surface area contributed by atoms with Gasteiger partial charge in [0, 0.05) is 18.2 Å². The van der Waals surface area contributed by atoms with Crippen molar-refractivity contribution in [1.29, 1.82) is 0 Å². The highest BCUT2D eigenvalue weighted by Gasteiger charge is 2.30. The van der Waals surface area contributed by atoms with Gasteiger partial charge < -0.3 is 14.8 Å². The Hall–Kier alpha value is -3.20. The van der Waals surface area contributed by atoms with E-state index in [4.69, 9.17) is 14.0 Å². The molecular weight excluding hydrogens is 394 g/mol. The molecule has 0 bridgehead atoms. The molecule has 0 radical (unpaired) electrons. The summed E-state index contributed by atoms with van der Waals surface area (Å²) in [6.07, 6.45) is 0.502. The third kappa shape index (κ3) is 4.62. The summed E-state index contributed by atoms with van der Waals surface area (Å²) in [6.45, 7) is 1.88. The van der Waals surface area contributed by atoms with Gasteiger partial charge in [0.2, 0.25) is 11.6 Å². The lowest BCUT2D eigenvalue weighted by molar-refractivity contribution is -0.704. The molecule has 0 saturated carbocycles. The van der Waals surface area contributed by atoms with Crippen LogP contribution in [0, 0.1) is 0 Å². The Balaban J connectivity index is 1.84. The molecule has 0 aliphatic heterocycles. The zero-order chi connectivity index (χ0) is 20.8. The Morgan fingerprint density at radius 2 is 1.97 bits per heavy atom. The van der Waals surface area contributed by atoms with Gasteiger partial charge in [0.1, 0.15) is 11.5 Å². The summed E-state index contributed by atoms with van der Waals surface area (Å²) in [7, 11) is 3.07. The van der Waals surface area contributed by atoms with E-state index >= 15 is 0 Å². The molecule has 1 amide bonds. The van der Waals surface area contributed by atoms with Gasteiger partial charge >= 0.3 is 10.7 Å². The highest BCUT2D eigenvalue weighted by Crippen LogP contribution is 2.30. The van der Waals surface area contributed by atoms with Crippen molar-refractivity contribution < 1.29 is 23.5 Å². The van der Waals surface area contributed by atoms with Crippen LogP contribution < -0.4 is 25.1 Å². The van der Waals surface area contributed by atoms with Crippen molar-refractivity contribution in [2.45, 2.75) is 23.6 Å². The zero-order valence-electron chi connectivity index (χ0n) is 16.3. The number of nitrogens with one attached hydrogen (secondary N) is 2. The Bertz CT molecular complexity index is 1030. The molecule has 0 aliphatic carbocycles. The van der Waals surface area contributed by atoms with E-state index in [9.17, 15) is 9.59 Å². The number of para-hydroxylation sites is 1. The summed E-state index contributed by atoms with van der Waals surface area (Å²) >= 11 is 1.14. The van der Waals surface area contributed by atoms with Crippen molar-refractivity contribution in [2.75, 3.05) is 19.5 Å². The number of benzene rings is 2. The van der Waals surface area contributed by atoms with Gasteiger partial charge in [-0.05, 0) is 40.3 Å². The summed E-state index contributed by atoms with van der Waals surface area (Å²) in [4.78, 5) is 25.1. The molecule has 9 heteroatoms.